The molecule has 4 rings (SSSR count). The van der Waals surface area contributed by atoms with Crippen molar-refractivity contribution >= 4 is 17.3 Å². The highest BCUT2D eigenvalue weighted by atomic mass is 16.5. The van der Waals surface area contributed by atoms with Crippen LogP contribution in [0.2, 0.25) is 0 Å². The molecule has 4 aromatic rings. The molecule has 0 unspecified atom stereocenters. The van der Waals surface area contributed by atoms with Gasteiger partial charge in [0.1, 0.15) is 6.33 Å². The van der Waals surface area contributed by atoms with Gasteiger partial charge in [-0.3, -0.25) is 0 Å². The minimum atomic E-state index is 0.580. The van der Waals surface area contributed by atoms with Crippen molar-refractivity contribution < 1.29 is 9.47 Å². The predicted octanol–water partition coefficient (Wildman–Crippen LogP) is 3.55. The van der Waals surface area contributed by atoms with Gasteiger partial charge in [-0.05, 0) is 30.3 Å². The molecular formula is C19H17N5O2. The Bertz CT molecular complexity index is 1050. The maximum Gasteiger partial charge on any atom is 0.231 e. The highest BCUT2D eigenvalue weighted by Gasteiger charge is 2.12. The Morgan fingerprint density at radius 2 is 1.73 bits per heavy atom. The summed E-state index contributed by atoms with van der Waals surface area (Å²) in [6, 6.07) is 17.4. The van der Waals surface area contributed by atoms with Crippen LogP contribution in [-0.2, 0) is 0 Å². The highest BCUT2D eigenvalue weighted by Crippen LogP contribution is 2.32. The van der Waals surface area contributed by atoms with Gasteiger partial charge in [0.2, 0.25) is 5.95 Å². The number of aromatic nitrogens is 4. The minimum absolute atomic E-state index is 0.580. The molecule has 0 amide bonds. The van der Waals surface area contributed by atoms with Crippen LogP contribution in [0.25, 0.3) is 16.9 Å². The summed E-state index contributed by atoms with van der Waals surface area (Å²) >= 11 is 0. The fourth-order valence-electron chi connectivity index (χ4n) is 2.70. The highest BCUT2D eigenvalue weighted by molar-refractivity contribution is 5.69. The number of benzene rings is 2. The van der Waals surface area contributed by atoms with E-state index in [1.165, 1.54) is 6.33 Å². The van der Waals surface area contributed by atoms with Crippen molar-refractivity contribution in [3.63, 3.8) is 0 Å². The molecule has 0 aliphatic heterocycles. The third-order valence-electron chi connectivity index (χ3n) is 3.98. The number of ether oxygens (including phenoxy) is 2. The number of rotatable bonds is 5. The molecule has 26 heavy (non-hydrogen) atoms. The summed E-state index contributed by atoms with van der Waals surface area (Å²) in [6.07, 6.45) is 1.51. The van der Waals surface area contributed by atoms with Crippen molar-refractivity contribution in [1.29, 1.82) is 0 Å². The SMILES string of the molecule is COc1ccc(-c2cc3ncnn3c(Nc3ccccc3)n2)cc1OC. The lowest BCUT2D eigenvalue weighted by Crippen LogP contribution is -2.04. The zero-order chi connectivity index (χ0) is 17.9. The molecule has 0 saturated heterocycles. The molecule has 0 aliphatic carbocycles. The molecule has 130 valence electrons. The number of methoxy groups -OCH3 is 2. The zero-order valence-electron chi connectivity index (χ0n) is 14.4. The van der Waals surface area contributed by atoms with E-state index in [-0.39, 0.29) is 0 Å². The Kier molecular flexibility index (Phi) is 4.10. The molecule has 0 bridgehead atoms. The summed E-state index contributed by atoms with van der Waals surface area (Å²) < 4.78 is 12.4. The van der Waals surface area contributed by atoms with E-state index in [0.29, 0.717) is 23.1 Å². The molecule has 0 saturated carbocycles. The van der Waals surface area contributed by atoms with E-state index in [9.17, 15) is 0 Å². The lowest BCUT2D eigenvalue weighted by atomic mass is 10.1. The van der Waals surface area contributed by atoms with Crippen LogP contribution >= 0.6 is 0 Å². The Labute approximate surface area is 150 Å². The molecule has 0 aliphatic rings. The van der Waals surface area contributed by atoms with Gasteiger partial charge in [0, 0.05) is 17.3 Å². The average Bonchev–Trinajstić information content (AvgIpc) is 3.17. The molecule has 7 heteroatoms. The second-order valence-corrected chi connectivity index (χ2v) is 5.56. The lowest BCUT2D eigenvalue weighted by Gasteiger charge is -2.11. The quantitative estimate of drug-likeness (QED) is 0.595. The van der Waals surface area contributed by atoms with Crippen LogP contribution < -0.4 is 14.8 Å². The summed E-state index contributed by atoms with van der Waals surface area (Å²) in [7, 11) is 3.22. The Morgan fingerprint density at radius 1 is 0.923 bits per heavy atom. The zero-order valence-corrected chi connectivity index (χ0v) is 14.4. The van der Waals surface area contributed by atoms with Gasteiger partial charge in [-0.15, -0.1) is 0 Å². The summed E-state index contributed by atoms with van der Waals surface area (Å²) in [6.45, 7) is 0. The second-order valence-electron chi connectivity index (χ2n) is 5.56. The van der Waals surface area contributed by atoms with Crippen molar-refractivity contribution in [1.82, 2.24) is 19.6 Å². The minimum Gasteiger partial charge on any atom is -0.493 e. The number of anilines is 2. The van der Waals surface area contributed by atoms with E-state index in [1.807, 2.05) is 54.6 Å². The Morgan fingerprint density at radius 3 is 2.50 bits per heavy atom. The number of nitrogens with one attached hydrogen (secondary N) is 1. The predicted molar refractivity (Wildman–Crippen MR) is 99.0 cm³/mol. The molecular weight excluding hydrogens is 330 g/mol. The van der Waals surface area contributed by atoms with E-state index in [1.54, 1.807) is 18.7 Å². The number of nitrogens with zero attached hydrogens (tertiary/aromatic N) is 4. The Hall–Kier alpha value is -3.61. The van der Waals surface area contributed by atoms with E-state index < -0.39 is 0 Å². The van der Waals surface area contributed by atoms with Crippen LogP contribution in [0.15, 0.2) is 60.9 Å². The summed E-state index contributed by atoms with van der Waals surface area (Å²) in [5.41, 5.74) is 3.26. The third-order valence-corrected chi connectivity index (χ3v) is 3.98. The van der Waals surface area contributed by atoms with E-state index in [2.05, 4.69) is 15.4 Å². The van der Waals surface area contributed by atoms with Gasteiger partial charge in [0.25, 0.3) is 0 Å². The smallest absolute Gasteiger partial charge is 0.231 e. The molecule has 0 spiro atoms. The number of fused-ring (bicyclic) bond motifs is 1. The summed E-state index contributed by atoms with van der Waals surface area (Å²) in [5, 5.41) is 7.53. The van der Waals surface area contributed by atoms with Crippen LogP contribution in [0.4, 0.5) is 11.6 Å². The first-order chi connectivity index (χ1) is 12.8. The van der Waals surface area contributed by atoms with Crippen LogP contribution in [0.1, 0.15) is 0 Å². The average molecular weight is 347 g/mol. The standard InChI is InChI=1S/C19H17N5O2/c1-25-16-9-8-13(10-17(16)26-2)15-11-18-20-12-21-24(18)19(23-15)22-14-6-4-3-5-7-14/h3-12H,1-2H3,(H,22,23). The fraction of sp³-hybridized carbons (Fsp3) is 0.105. The lowest BCUT2D eigenvalue weighted by molar-refractivity contribution is 0.355. The Balaban J connectivity index is 1.81. The van der Waals surface area contributed by atoms with Gasteiger partial charge >= 0.3 is 0 Å². The van der Waals surface area contributed by atoms with Gasteiger partial charge in [-0.2, -0.15) is 9.61 Å². The topological polar surface area (TPSA) is 73.6 Å². The van der Waals surface area contributed by atoms with Crippen molar-refractivity contribution in [2.24, 2.45) is 0 Å². The molecule has 7 nitrogen and oxygen atoms in total. The summed E-state index contributed by atoms with van der Waals surface area (Å²) in [4.78, 5) is 9.02. The molecule has 0 atom stereocenters. The maximum atomic E-state index is 5.40. The first-order valence-corrected chi connectivity index (χ1v) is 8.04. The van der Waals surface area contributed by atoms with Crippen LogP contribution in [-0.4, -0.2) is 33.8 Å². The third kappa shape index (κ3) is 2.90. The van der Waals surface area contributed by atoms with E-state index in [0.717, 1.165) is 16.9 Å². The fourth-order valence-corrected chi connectivity index (χ4v) is 2.70. The van der Waals surface area contributed by atoms with Crippen molar-refractivity contribution in [2.45, 2.75) is 0 Å². The maximum absolute atomic E-state index is 5.40. The van der Waals surface area contributed by atoms with Gasteiger partial charge in [0.15, 0.2) is 17.1 Å². The molecule has 1 N–H and O–H groups in total. The number of hydrogen-bond donors (Lipinski definition) is 1. The summed E-state index contributed by atoms with van der Waals surface area (Å²) in [5.74, 6) is 1.89. The van der Waals surface area contributed by atoms with E-state index in [4.69, 9.17) is 14.5 Å². The van der Waals surface area contributed by atoms with Crippen LogP contribution in [0, 0.1) is 0 Å². The first-order valence-electron chi connectivity index (χ1n) is 8.04. The van der Waals surface area contributed by atoms with Crippen LogP contribution in [0.5, 0.6) is 11.5 Å². The molecule has 2 aromatic heterocycles. The van der Waals surface area contributed by atoms with Crippen molar-refractivity contribution in [3.8, 4) is 22.8 Å². The molecule has 0 fully saturated rings. The van der Waals surface area contributed by atoms with Crippen LogP contribution in [0.3, 0.4) is 0 Å². The number of hydrogen-bond acceptors (Lipinski definition) is 6. The van der Waals surface area contributed by atoms with Crippen molar-refractivity contribution in [3.05, 3.63) is 60.9 Å². The van der Waals surface area contributed by atoms with Gasteiger partial charge in [0.05, 0.1) is 19.9 Å². The molecule has 2 aromatic carbocycles. The normalized spacial score (nSPS) is 10.7. The molecule has 0 radical (unpaired) electrons. The molecule has 2 heterocycles. The van der Waals surface area contributed by atoms with Gasteiger partial charge in [-0.25, -0.2) is 9.97 Å². The van der Waals surface area contributed by atoms with E-state index >= 15 is 0 Å². The second kappa shape index (κ2) is 6.72. The monoisotopic (exact) mass is 347 g/mol. The number of para-hydroxylation sites is 1. The first kappa shape index (κ1) is 15.9. The van der Waals surface area contributed by atoms with Crippen molar-refractivity contribution in [2.75, 3.05) is 19.5 Å². The van der Waals surface area contributed by atoms with Gasteiger partial charge < -0.3 is 14.8 Å². The van der Waals surface area contributed by atoms with Gasteiger partial charge in [-0.1, -0.05) is 18.2 Å². The largest absolute Gasteiger partial charge is 0.493 e.